The maximum absolute atomic E-state index is 14.0. The van der Waals surface area contributed by atoms with Crippen molar-refractivity contribution in [3.63, 3.8) is 0 Å². The van der Waals surface area contributed by atoms with Crippen LogP contribution in [0.3, 0.4) is 0 Å². The first-order valence-electron chi connectivity index (χ1n) is 14.3. The van der Waals surface area contributed by atoms with Crippen molar-refractivity contribution in [3.05, 3.63) is 59.2 Å². The predicted octanol–water partition coefficient (Wildman–Crippen LogP) is 1.21. The van der Waals surface area contributed by atoms with Crippen LogP contribution in [0.1, 0.15) is 22.6 Å². The Kier molecular flexibility index (Phi) is 9.83. The van der Waals surface area contributed by atoms with Crippen LogP contribution in [-0.2, 0) is 35.4 Å². The molecule has 0 unspecified atom stereocenters. The molecule has 6 heterocycles. The third-order valence-corrected chi connectivity index (χ3v) is 7.68. The van der Waals surface area contributed by atoms with Gasteiger partial charge in [0, 0.05) is 65.4 Å². The Labute approximate surface area is 251 Å². The van der Waals surface area contributed by atoms with Gasteiger partial charge in [-0.1, -0.05) is 11.3 Å². The molecule has 3 aromatic rings. The van der Waals surface area contributed by atoms with Gasteiger partial charge in [-0.3, -0.25) is 34.2 Å². The number of fused-ring (bicyclic) bond motifs is 8. The summed E-state index contributed by atoms with van der Waals surface area (Å²) in [6, 6.07) is 7.47. The molecule has 6 bridgehead atoms. The number of aliphatic carboxylic acids is 2. The third kappa shape index (κ3) is 8.56. The smallest absolute Gasteiger partial charge is 0.416 e. The van der Waals surface area contributed by atoms with Crippen molar-refractivity contribution in [2.75, 3.05) is 65.4 Å². The molecular formula is C28H34F3N9O4. The number of alkyl halides is 3. The molecule has 44 heavy (non-hydrogen) atoms. The number of hydrogen-bond donors (Lipinski definition) is 2. The molecule has 13 nitrogen and oxygen atoms in total. The van der Waals surface area contributed by atoms with Crippen molar-refractivity contribution in [3.8, 4) is 11.4 Å². The molecule has 1 saturated heterocycles. The average molecular weight is 618 g/mol. The number of carboxylic acid groups (broad SMARTS) is 2. The highest BCUT2D eigenvalue weighted by molar-refractivity contribution is 5.69. The van der Waals surface area contributed by atoms with Crippen molar-refractivity contribution in [2.24, 2.45) is 0 Å². The van der Waals surface area contributed by atoms with E-state index in [1.54, 1.807) is 15.9 Å². The van der Waals surface area contributed by atoms with Crippen molar-refractivity contribution < 1.29 is 33.0 Å². The van der Waals surface area contributed by atoms with E-state index in [0.29, 0.717) is 76.0 Å². The van der Waals surface area contributed by atoms with E-state index < -0.39 is 23.7 Å². The van der Waals surface area contributed by atoms with Crippen LogP contribution in [0, 0.1) is 0 Å². The maximum Gasteiger partial charge on any atom is 0.416 e. The second kappa shape index (κ2) is 13.8. The lowest BCUT2D eigenvalue weighted by Crippen LogP contribution is -2.47. The Hall–Kier alpha value is -3.99. The van der Waals surface area contributed by atoms with Crippen LogP contribution in [0.5, 0.6) is 0 Å². The molecule has 1 fully saturated rings. The minimum atomic E-state index is -4.62. The van der Waals surface area contributed by atoms with Crippen LogP contribution in [0.4, 0.5) is 13.2 Å². The quantitative estimate of drug-likeness (QED) is 0.434. The van der Waals surface area contributed by atoms with Crippen LogP contribution in [0.2, 0.25) is 0 Å². The fourth-order valence-electron chi connectivity index (χ4n) is 5.46. The van der Waals surface area contributed by atoms with E-state index in [0.717, 1.165) is 12.1 Å². The predicted molar refractivity (Wildman–Crippen MR) is 150 cm³/mol. The molecule has 0 aliphatic carbocycles. The molecule has 2 N–H and O–H groups in total. The molecule has 0 amide bonds. The van der Waals surface area contributed by atoms with Crippen LogP contribution in [0.25, 0.3) is 11.4 Å². The van der Waals surface area contributed by atoms with Gasteiger partial charge in [0.25, 0.3) is 0 Å². The second-order valence-electron chi connectivity index (χ2n) is 11.0. The molecule has 3 aromatic heterocycles. The number of rotatable bonds is 4. The van der Waals surface area contributed by atoms with E-state index in [9.17, 15) is 33.0 Å². The summed E-state index contributed by atoms with van der Waals surface area (Å²) in [6.07, 6.45) is -3.11. The van der Waals surface area contributed by atoms with Crippen molar-refractivity contribution in [1.29, 1.82) is 0 Å². The molecule has 236 valence electrons. The van der Waals surface area contributed by atoms with Gasteiger partial charge in [0.05, 0.1) is 54.2 Å². The molecule has 0 aromatic carbocycles. The Morgan fingerprint density at radius 2 is 1.30 bits per heavy atom. The van der Waals surface area contributed by atoms with Gasteiger partial charge in [0.15, 0.2) is 0 Å². The topological polar surface area (TPSA) is 144 Å². The number of nitrogens with zero attached hydrogens (tertiary/aromatic N) is 9. The Bertz CT molecular complexity index is 1440. The number of hydrogen-bond acceptors (Lipinski definition) is 10. The van der Waals surface area contributed by atoms with E-state index in [2.05, 4.69) is 20.2 Å². The minimum absolute atomic E-state index is 0.0542. The lowest BCUT2D eigenvalue weighted by Gasteiger charge is -2.33. The summed E-state index contributed by atoms with van der Waals surface area (Å²) < 4.78 is 43.6. The third-order valence-electron chi connectivity index (χ3n) is 7.68. The molecule has 3 aliphatic rings. The molecule has 3 aliphatic heterocycles. The van der Waals surface area contributed by atoms with E-state index in [4.69, 9.17) is 4.98 Å². The zero-order valence-electron chi connectivity index (χ0n) is 24.0. The van der Waals surface area contributed by atoms with Crippen LogP contribution in [-0.4, -0.2) is 132 Å². The van der Waals surface area contributed by atoms with E-state index >= 15 is 0 Å². The molecule has 16 heteroatoms. The lowest BCUT2D eigenvalue weighted by molar-refractivity contribution is -0.139. The zero-order chi connectivity index (χ0) is 31.3. The average Bonchev–Trinajstić information content (AvgIpc) is 3.41. The molecule has 0 atom stereocenters. The number of carboxylic acids is 2. The molecular weight excluding hydrogens is 583 g/mol. The van der Waals surface area contributed by atoms with E-state index in [1.165, 1.54) is 10.9 Å². The van der Waals surface area contributed by atoms with Crippen LogP contribution < -0.4 is 0 Å². The normalized spacial score (nSPS) is 20.9. The maximum atomic E-state index is 14.0. The van der Waals surface area contributed by atoms with Crippen LogP contribution in [0.15, 0.2) is 36.5 Å². The van der Waals surface area contributed by atoms with Crippen molar-refractivity contribution in [1.82, 2.24) is 44.6 Å². The summed E-state index contributed by atoms with van der Waals surface area (Å²) in [5, 5.41) is 27.2. The number of pyridine rings is 2. The van der Waals surface area contributed by atoms with E-state index in [-0.39, 0.29) is 37.6 Å². The lowest BCUT2D eigenvalue weighted by atomic mass is 10.1. The number of halogens is 3. The highest BCUT2D eigenvalue weighted by atomic mass is 19.4. The zero-order valence-corrected chi connectivity index (χ0v) is 24.0. The highest BCUT2D eigenvalue weighted by Gasteiger charge is 2.32. The number of carbonyl (C=O) groups is 2. The molecule has 0 spiro atoms. The largest absolute Gasteiger partial charge is 0.480 e. The van der Waals surface area contributed by atoms with Gasteiger partial charge in [0.2, 0.25) is 0 Å². The second-order valence-corrected chi connectivity index (χ2v) is 11.0. The van der Waals surface area contributed by atoms with Gasteiger partial charge in [-0.2, -0.15) is 13.2 Å². The first-order valence-corrected chi connectivity index (χ1v) is 14.3. The first-order chi connectivity index (χ1) is 21.0. The summed E-state index contributed by atoms with van der Waals surface area (Å²) in [5.41, 5.74) is 1.25. The summed E-state index contributed by atoms with van der Waals surface area (Å²) in [6.45, 7) is 3.24. The van der Waals surface area contributed by atoms with Crippen molar-refractivity contribution in [2.45, 2.75) is 25.8 Å². The van der Waals surface area contributed by atoms with E-state index in [1.807, 2.05) is 17.0 Å². The van der Waals surface area contributed by atoms with Crippen molar-refractivity contribution >= 4 is 11.9 Å². The fourth-order valence-corrected chi connectivity index (χ4v) is 5.46. The van der Waals surface area contributed by atoms with Gasteiger partial charge < -0.3 is 10.2 Å². The first kappa shape index (κ1) is 31.4. The SMILES string of the molecule is O=C(O)CN1CCN2CCN(CC(=O)O)CCN(CC1)Cc1cccc(n1)-c1cnnn1Cc1cc(C(F)(F)F)cc(n1)C2. The van der Waals surface area contributed by atoms with Crippen LogP contribution >= 0.6 is 0 Å². The van der Waals surface area contributed by atoms with Gasteiger partial charge in [-0.25, -0.2) is 9.67 Å². The summed E-state index contributed by atoms with van der Waals surface area (Å²) >= 11 is 0. The number of aromatic nitrogens is 5. The van der Waals surface area contributed by atoms with Gasteiger partial charge >= 0.3 is 18.1 Å². The van der Waals surface area contributed by atoms with Gasteiger partial charge in [-0.05, 0) is 24.3 Å². The summed E-state index contributed by atoms with van der Waals surface area (Å²) in [4.78, 5) is 40.4. The highest BCUT2D eigenvalue weighted by Crippen LogP contribution is 2.31. The molecule has 0 radical (unpaired) electrons. The molecule has 0 saturated carbocycles. The summed E-state index contributed by atoms with van der Waals surface area (Å²) in [7, 11) is 0. The minimum Gasteiger partial charge on any atom is -0.480 e. The Balaban J connectivity index is 1.60. The van der Waals surface area contributed by atoms with Gasteiger partial charge in [0.1, 0.15) is 5.69 Å². The van der Waals surface area contributed by atoms with Gasteiger partial charge in [-0.15, -0.1) is 5.10 Å². The summed E-state index contributed by atoms with van der Waals surface area (Å²) in [5.74, 6) is -1.96. The monoisotopic (exact) mass is 617 g/mol. The Morgan fingerprint density at radius 1 is 0.750 bits per heavy atom. The standard InChI is InChI=1S/C28H34F3N9O4/c29-28(30,31)20-12-22-16-37-6-10-38(18-26(41)42)8-4-36(5-9-39(11-7-37)19-27(43)44)15-21-2-1-3-24(34-21)25-14-32-35-40(25)17-23(13-20)33-22/h1-3,12-14H,4-11,15-19H2,(H,41,42)(H,43,44). The fraction of sp³-hybridized carbons (Fsp3) is 0.500. The molecule has 6 rings (SSSR count). The Morgan fingerprint density at radius 3 is 1.84 bits per heavy atom.